The van der Waals surface area contributed by atoms with Crippen molar-refractivity contribution < 1.29 is 14.4 Å². The van der Waals surface area contributed by atoms with Gasteiger partial charge in [-0.25, -0.2) is 0 Å². The van der Waals surface area contributed by atoms with Crippen molar-refractivity contribution in [2.24, 2.45) is 0 Å². The summed E-state index contributed by atoms with van der Waals surface area (Å²) in [4.78, 5) is 22.0. The molecule has 0 bridgehead atoms. The van der Waals surface area contributed by atoms with Gasteiger partial charge in [0, 0.05) is 36.8 Å². The molecule has 0 radical (unpaired) electrons. The van der Waals surface area contributed by atoms with Gasteiger partial charge in [0.25, 0.3) is 5.69 Å². The average Bonchev–Trinajstić information content (AvgIpc) is 2.44. The van der Waals surface area contributed by atoms with Gasteiger partial charge in [-0.3, -0.25) is 14.9 Å². The second kappa shape index (κ2) is 5.48. The summed E-state index contributed by atoms with van der Waals surface area (Å²) in [6, 6.07) is 10.3. The van der Waals surface area contributed by atoms with Crippen LogP contribution >= 0.6 is 0 Å². The molecule has 0 aliphatic heterocycles. The molecule has 0 aliphatic carbocycles. The van der Waals surface area contributed by atoms with E-state index in [-0.39, 0.29) is 17.9 Å². The predicted molar refractivity (Wildman–Crippen MR) is 71.3 cm³/mol. The Labute approximate surface area is 115 Å². The molecule has 0 saturated heterocycles. The molecule has 1 aromatic carbocycles. The molecule has 2 aromatic rings. The molecule has 0 fully saturated rings. The lowest BCUT2D eigenvalue weighted by molar-refractivity contribution is -0.620. The third-order valence-corrected chi connectivity index (χ3v) is 2.95. The van der Waals surface area contributed by atoms with Crippen molar-refractivity contribution in [1.29, 1.82) is 0 Å². The average molecular weight is 272 g/mol. The zero-order chi connectivity index (χ0) is 14.7. The summed E-state index contributed by atoms with van der Waals surface area (Å²) in [5.74, 6) is -0.255. The van der Waals surface area contributed by atoms with Crippen LogP contribution in [0.2, 0.25) is 0 Å². The predicted octanol–water partition coefficient (Wildman–Crippen LogP) is 1.96. The zero-order valence-electron chi connectivity index (χ0n) is 10.8. The van der Waals surface area contributed by atoms with E-state index in [2.05, 4.69) is 0 Å². The van der Waals surface area contributed by atoms with E-state index in [0.717, 1.165) is 0 Å². The van der Waals surface area contributed by atoms with Crippen molar-refractivity contribution in [1.82, 2.24) is 0 Å². The fourth-order valence-corrected chi connectivity index (χ4v) is 1.83. The minimum absolute atomic E-state index is 0.0387. The standard InChI is InChI=1S/C14H12N2O4/c1-10-3-2-4-13(15(10)18)9-14(17)11-5-7-12(8-6-11)16(19)20/h2-8H,9H2,1H3. The number of pyridine rings is 1. The SMILES string of the molecule is Cc1cccc(CC(=O)c2ccc([N+](=O)[O-])cc2)[n+]1[O-]. The highest BCUT2D eigenvalue weighted by molar-refractivity contribution is 5.97. The molecule has 6 heteroatoms. The minimum Gasteiger partial charge on any atom is -0.618 e. The van der Waals surface area contributed by atoms with E-state index in [1.54, 1.807) is 25.1 Å². The lowest BCUT2D eigenvalue weighted by Gasteiger charge is -2.06. The summed E-state index contributed by atoms with van der Waals surface area (Å²) < 4.78 is 0.712. The molecule has 6 nitrogen and oxygen atoms in total. The lowest BCUT2D eigenvalue weighted by Crippen LogP contribution is -2.36. The van der Waals surface area contributed by atoms with Gasteiger partial charge in [-0.05, 0) is 18.2 Å². The number of ketones is 1. The Morgan fingerprint density at radius 3 is 2.45 bits per heavy atom. The Morgan fingerprint density at radius 2 is 1.85 bits per heavy atom. The first kappa shape index (κ1) is 13.7. The number of nitro groups is 1. The quantitative estimate of drug-likeness (QED) is 0.280. The van der Waals surface area contributed by atoms with Crippen LogP contribution in [0, 0.1) is 22.2 Å². The summed E-state index contributed by atoms with van der Waals surface area (Å²) in [6.07, 6.45) is -0.0387. The van der Waals surface area contributed by atoms with Gasteiger partial charge < -0.3 is 5.21 Å². The van der Waals surface area contributed by atoms with Crippen molar-refractivity contribution in [3.8, 4) is 0 Å². The Bertz CT molecular complexity index is 665. The van der Waals surface area contributed by atoms with Crippen LogP contribution in [-0.2, 0) is 6.42 Å². The number of nitrogens with zero attached hydrogens (tertiary/aromatic N) is 2. The molecule has 1 aromatic heterocycles. The Morgan fingerprint density at radius 1 is 1.20 bits per heavy atom. The molecular formula is C14H12N2O4. The molecule has 0 atom stereocenters. The highest BCUT2D eigenvalue weighted by Crippen LogP contribution is 2.13. The maximum atomic E-state index is 12.0. The summed E-state index contributed by atoms with van der Waals surface area (Å²) in [5, 5.41) is 22.3. The lowest BCUT2D eigenvalue weighted by atomic mass is 10.1. The monoisotopic (exact) mass is 272 g/mol. The summed E-state index contributed by atoms with van der Waals surface area (Å²) in [5.41, 5.74) is 1.14. The second-order valence-electron chi connectivity index (χ2n) is 4.36. The van der Waals surface area contributed by atoms with Crippen LogP contribution in [-0.4, -0.2) is 10.7 Å². The van der Waals surface area contributed by atoms with Crippen LogP contribution in [0.3, 0.4) is 0 Å². The van der Waals surface area contributed by atoms with Crippen molar-refractivity contribution in [2.45, 2.75) is 13.3 Å². The highest BCUT2D eigenvalue weighted by Gasteiger charge is 2.15. The van der Waals surface area contributed by atoms with E-state index in [1.165, 1.54) is 24.3 Å². The van der Waals surface area contributed by atoms with Crippen molar-refractivity contribution in [3.05, 3.63) is 74.7 Å². The maximum absolute atomic E-state index is 12.0. The first-order valence-corrected chi connectivity index (χ1v) is 5.95. The number of carbonyl (C=O) groups excluding carboxylic acids is 1. The maximum Gasteiger partial charge on any atom is 0.269 e. The van der Waals surface area contributed by atoms with Crippen LogP contribution in [0.5, 0.6) is 0 Å². The Balaban J connectivity index is 2.20. The third-order valence-electron chi connectivity index (χ3n) is 2.95. The fraction of sp³-hybridized carbons (Fsp3) is 0.143. The minimum atomic E-state index is -0.527. The number of aryl methyl sites for hydroxylation is 1. The zero-order valence-corrected chi connectivity index (χ0v) is 10.8. The fourth-order valence-electron chi connectivity index (χ4n) is 1.83. The van der Waals surface area contributed by atoms with Crippen LogP contribution in [0.15, 0.2) is 42.5 Å². The number of non-ortho nitro benzene ring substituents is 1. The number of hydrogen-bond donors (Lipinski definition) is 0. The molecule has 20 heavy (non-hydrogen) atoms. The van der Waals surface area contributed by atoms with E-state index in [4.69, 9.17) is 0 Å². The number of hydrogen-bond acceptors (Lipinski definition) is 4. The molecule has 102 valence electrons. The number of aromatic nitrogens is 1. The number of Topliss-reactive ketones (excluding diaryl/α,β-unsaturated/α-hetero) is 1. The van der Waals surface area contributed by atoms with Crippen LogP contribution in [0.1, 0.15) is 21.7 Å². The molecular weight excluding hydrogens is 260 g/mol. The van der Waals surface area contributed by atoms with Gasteiger partial charge in [-0.15, -0.1) is 0 Å². The molecule has 0 amide bonds. The van der Waals surface area contributed by atoms with Crippen LogP contribution < -0.4 is 4.73 Å². The van der Waals surface area contributed by atoms with Gasteiger partial charge in [0.15, 0.2) is 11.5 Å². The molecule has 0 unspecified atom stereocenters. The normalized spacial score (nSPS) is 10.2. The van der Waals surface area contributed by atoms with E-state index in [0.29, 0.717) is 21.7 Å². The molecule has 0 N–H and O–H groups in total. The first-order valence-electron chi connectivity index (χ1n) is 5.95. The van der Waals surface area contributed by atoms with Gasteiger partial charge >= 0.3 is 0 Å². The van der Waals surface area contributed by atoms with Gasteiger partial charge in [0.05, 0.1) is 11.3 Å². The number of benzene rings is 1. The summed E-state index contributed by atoms with van der Waals surface area (Å²) in [7, 11) is 0. The van der Waals surface area contributed by atoms with Crippen molar-refractivity contribution in [3.63, 3.8) is 0 Å². The summed E-state index contributed by atoms with van der Waals surface area (Å²) in [6.45, 7) is 1.66. The molecule has 1 heterocycles. The second-order valence-corrected chi connectivity index (χ2v) is 4.36. The molecule has 0 spiro atoms. The van der Waals surface area contributed by atoms with Crippen LogP contribution in [0.25, 0.3) is 0 Å². The summed E-state index contributed by atoms with van der Waals surface area (Å²) >= 11 is 0. The van der Waals surface area contributed by atoms with E-state index in [1.807, 2.05) is 0 Å². The molecule has 2 rings (SSSR count). The van der Waals surface area contributed by atoms with Gasteiger partial charge in [0.2, 0.25) is 5.69 Å². The Hall–Kier alpha value is -2.76. The third kappa shape index (κ3) is 2.80. The number of carbonyl (C=O) groups is 1. The number of nitro benzene ring substituents is 1. The van der Waals surface area contributed by atoms with Crippen molar-refractivity contribution in [2.75, 3.05) is 0 Å². The van der Waals surface area contributed by atoms with Gasteiger partial charge in [-0.1, -0.05) is 0 Å². The highest BCUT2D eigenvalue weighted by atomic mass is 16.6. The van der Waals surface area contributed by atoms with E-state index >= 15 is 0 Å². The van der Waals surface area contributed by atoms with Crippen LogP contribution in [0.4, 0.5) is 5.69 Å². The first-order chi connectivity index (χ1) is 9.49. The van der Waals surface area contributed by atoms with E-state index in [9.17, 15) is 20.1 Å². The smallest absolute Gasteiger partial charge is 0.269 e. The van der Waals surface area contributed by atoms with Crippen molar-refractivity contribution >= 4 is 11.5 Å². The molecule has 0 aliphatic rings. The number of rotatable bonds is 4. The van der Waals surface area contributed by atoms with Gasteiger partial charge in [0.1, 0.15) is 0 Å². The van der Waals surface area contributed by atoms with Gasteiger partial charge in [-0.2, -0.15) is 4.73 Å². The molecule has 0 saturated carbocycles. The Kier molecular flexibility index (Phi) is 3.74. The largest absolute Gasteiger partial charge is 0.618 e. The topological polar surface area (TPSA) is 87.1 Å². The van der Waals surface area contributed by atoms with E-state index < -0.39 is 4.92 Å².